The Kier molecular flexibility index (Phi) is 11.0. The molecule has 1 unspecified atom stereocenters. The minimum atomic E-state index is -1.08. The highest BCUT2D eigenvalue weighted by molar-refractivity contribution is 5.97. The van der Waals surface area contributed by atoms with Gasteiger partial charge in [0, 0.05) is 17.3 Å². The van der Waals surface area contributed by atoms with Gasteiger partial charge in [0.2, 0.25) is 6.20 Å². The summed E-state index contributed by atoms with van der Waals surface area (Å²) < 4.78 is 4.66. The van der Waals surface area contributed by atoms with E-state index in [9.17, 15) is 9.59 Å². The molecule has 0 aromatic heterocycles. The van der Waals surface area contributed by atoms with E-state index in [2.05, 4.69) is 36.4 Å². The summed E-state index contributed by atoms with van der Waals surface area (Å²) in [6.07, 6.45) is 2.07. The maximum Gasteiger partial charge on any atom is 0.336 e. The van der Waals surface area contributed by atoms with Crippen LogP contribution in [0.5, 0.6) is 0 Å². The zero-order chi connectivity index (χ0) is 19.4. The number of nitro groups is 1. The Balaban J connectivity index is 0. The molecule has 0 aromatic carbocycles. The minimum absolute atomic E-state index is 0.117. The maximum absolute atomic E-state index is 11.6. The van der Waals surface area contributed by atoms with E-state index >= 15 is 0 Å². The van der Waals surface area contributed by atoms with Gasteiger partial charge < -0.3 is 15.2 Å². The summed E-state index contributed by atoms with van der Waals surface area (Å²) >= 11 is 0. The third-order valence-corrected chi connectivity index (χ3v) is 2.83. The topological polar surface area (TPSA) is 119 Å². The van der Waals surface area contributed by atoms with Crippen LogP contribution in [0.25, 0.3) is 0 Å². The van der Waals surface area contributed by atoms with Crippen LogP contribution in [0, 0.1) is 16.0 Å². The smallest absolute Gasteiger partial charge is 0.336 e. The first-order chi connectivity index (χ1) is 11.2. The van der Waals surface area contributed by atoms with Crippen LogP contribution >= 0.6 is 0 Å². The summed E-state index contributed by atoms with van der Waals surface area (Å²) in [4.78, 5) is 31.3. The summed E-state index contributed by atoms with van der Waals surface area (Å²) in [5.74, 6) is -2.28. The second-order valence-electron chi connectivity index (χ2n) is 4.18. The molecule has 1 aliphatic heterocycles. The lowest BCUT2D eigenvalue weighted by Gasteiger charge is -2.26. The summed E-state index contributed by atoms with van der Waals surface area (Å²) in [6, 6.07) is 0. The quantitative estimate of drug-likeness (QED) is 0.349. The molecule has 1 atom stereocenters. The fraction of sp³-hybridized carbons (Fsp3) is 0.250. The molecule has 0 fully saturated rings. The van der Waals surface area contributed by atoms with Crippen molar-refractivity contribution in [1.29, 1.82) is 0 Å². The van der Waals surface area contributed by atoms with Gasteiger partial charge in [-0.25, -0.2) is 9.59 Å². The van der Waals surface area contributed by atoms with Gasteiger partial charge >= 0.3 is 11.9 Å². The monoisotopic (exact) mass is 338 g/mol. The van der Waals surface area contributed by atoms with Gasteiger partial charge in [0.15, 0.2) is 0 Å². The SMILES string of the molecule is C=C.C=CC1C(C(=O)O)=C(C)NC(C)=C1C(=O)OC.C=C[N+](=O)[O-]. The molecule has 24 heavy (non-hydrogen) atoms. The van der Waals surface area contributed by atoms with Gasteiger partial charge in [0.05, 0.1) is 23.2 Å². The molecule has 2 N–H and O–H groups in total. The lowest BCUT2D eigenvalue weighted by Crippen LogP contribution is -2.31. The molecule has 1 heterocycles. The number of carbonyl (C=O) groups is 2. The van der Waals surface area contributed by atoms with Crippen molar-refractivity contribution in [2.75, 3.05) is 7.11 Å². The van der Waals surface area contributed by atoms with Gasteiger partial charge in [-0.15, -0.1) is 19.7 Å². The summed E-state index contributed by atoms with van der Waals surface area (Å²) in [6.45, 7) is 15.8. The lowest BCUT2D eigenvalue weighted by atomic mass is 9.85. The van der Waals surface area contributed by atoms with E-state index in [1.807, 2.05) is 0 Å². The number of carboxylic acid groups (broad SMARTS) is 1. The number of hydrogen-bond acceptors (Lipinski definition) is 6. The predicted octanol–water partition coefficient (Wildman–Crippen LogP) is 2.41. The maximum atomic E-state index is 11.6. The van der Waals surface area contributed by atoms with E-state index in [-0.39, 0.29) is 11.1 Å². The highest BCUT2D eigenvalue weighted by atomic mass is 16.6. The van der Waals surface area contributed by atoms with Crippen molar-refractivity contribution in [3.63, 3.8) is 0 Å². The first-order valence-electron chi connectivity index (χ1n) is 6.59. The first kappa shape index (κ1) is 23.1. The van der Waals surface area contributed by atoms with Crippen LogP contribution in [0.3, 0.4) is 0 Å². The molecule has 0 aliphatic carbocycles. The van der Waals surface area contributed by atoms with E-state index in [1.165, 1.54) is 13.2 Å². The van der Waals surface area contributed by atoms with Gasteiger partial charge in [-0.1, -0.05) is 6.08 Å². The normalized spacial score (nSPS) is 15.5. The van der Waals surface area contributed by atoms with Crippen LogP contribution in [-0.2, 0) is 14.3 Å². The highest BCUT2D eigenvalue weighted by Crippen LogP contribution is 2.31. The van der Waals surface area contributed by atoms with Gasteiger partial charge in [-0.3, -0.25) is 10.1 Å². The minimum Gasteiger partial charge on any atom is -0.478 e. The number of carboxylic acids is 1. The van der Waals surface area contributed by atoms with Crippen LogP contribution in [0.15, 0.2) is 61.1 Å². The van der Waals surface area contributed by atoms with Gasteiger partial charge in [0.25, 0.3) is 0 Å². The highest BCUT2D eigenvalue weighted by Gasteiger charge is 2.33. The number of aliphatic carboxylic acids is 1. The van der Waals surface area contributed by atoms with Crippen molar-refractivity contribution in [3.05, 3.63) is 71.2 Å². The molecule has 0 radical (unpaired) electrons. The van der Waals surface area contributed by atoms with E-state index < -0.39 is 22.8 Å². The Bertz CT molecular complexity index is 589. The average Bonchev–Trinajstić information content (AvgIpc) is 2.55. The number of nitrogens with one attached hydrogen (secondary N) is 1. The Morgan fingerprint density at radius 1 is 1.25 bits per heavy atom. The number of ether oxygens (including phenoxy) is 1. The van der Waals surface area contributed by atoms with Crippen LogP contribution in [0.1, 0.15) is 13.8 Å². The summed E-state index contributed by atoms with van der Waals surface area (Å²) in [7, 11) is 1.26. The molecular formula is C16H22N2O6. The van der Waals surface area contributed by atoms with Crippen molar-refractivity contribution in [2.24, 2.45) is 5.92 Å². The fourth-order valence-corrected chi connectivity index (χ4v) is 1.95. The number of carbonyl (C=O) groups excluding carboxylic acids is 1. The summed E-state index contributed by atoms with van der Waals surface area (Å²) in [5.41, 5.74) is 1.49. The summed E-state index contributed by atoms with van der Waals surface area (Å²) in [5, 5.41) is 21.1. The second-order valence-corrected chi connectivity index (χ2v) is 4.18. The predicted molar refractivity (Wildman–Crippen MR) is 90.3 cm³/mol. The zero-order valence-electron chi connectivity index (χ0n) is 14.0. The number of dihydropyridines is 1. The van der Waals surface area contributed by atoms with Crippen LogP contribution in [-0.4, -0.2) is 29.1 Å². The Morgan fingerprint density at radius 3 is 1.96 bits per heavy atom. The number of esters is 1. The zero-order valence-corrected chi connectivity index (χ0v) is 14.0. The van der Waals surface area contributed by atoms with E-state index in [4.69, 9.17) is 15.2 Å². The van der Waals surface area contributed by atoms with Gasteiger partial charge in [-0.05, 0) is 20.4 Å². The van der Waals surface area contributed by atoms with Crippen molar-refractivity contribution >= 4 is 11.9 Å². The molecule has 1 rings (SSSR count). The molecule has 0 amide bonds. The average molecular weight is 338 g/mol. The van der Waals surface area contributed by atoms with Crippen LogP contribution in [0.4, 0.5) is 0 Å². The molecule has 8 heteroatoms. The third-order valence-electron chi connectivity index (χ3n) is 2.83. The molecule has 1 aliphatic rings. The number of nitrogens with zero attached hydrogens (tertiary/aromatic N) is 1. The largest absolute Gasteiger partial charge is 0.478 e. The van der Waals surface area contributed by atoms with Crippen LogP contribution < -0.4 is 5.32 Å². The molecular weight excluding hydrogens is 316 g/mol. The standard InChI is InChI=1S/C12H15NO4.C2H3NO2.C2H4/c1-5-8-9(11(14)15)6(2)13-7(3)10(8)12(16)17-4;1-2-3(4)5;1-2/h5,8,13H,1H2,2-4H3,(H,14,15);2H,1H2;1-2H2. The fourth-order valence-electron chi connectivity index (χ4n) is 1.95. The third kappa shape index (κ3) is 6.30. The second kappa shape index (κ2) is 11.4. The molecule has 8 nitrogen and oxygen atoms in total. The number of methoxy groups -OCH3 is 1. The molecule has 0 saturated heterocycles. The number of allylic oxidation sites excluding steroid dienone is 3. The van der Waals surface area contributed by atoms with E-state index in [0.717, 1.165) is 0 Å². The molecule has 0 saturated carbocycles. The number of rotatable bonds is 4. The van der Waals surface area contributed by atoms with Gasteiger partial charge in [0.1, 0.15) is 0 Å². The number of hydrogen-bond donors (Lipinski definition) is 2. The van der Waals surface area contributed by atoms with E-state index in [0.29, 0.717) is 17.6 Å². The Morgan fingerprint density at radius 2 is 1.67 bits per heavy atom. The Hall–Kier alpha value is -3.16. The van der Waals surface area contributed by atoms with E-state index in [1.54, 1.807) is 13.8 Å². The van der Waals surface area contributed by atoms with Crippen molar-refractivity contribution in [3.8, 4) is 0 Å². The Labute approximate surface area is 140 Å². The van der Waals surface area contributed by atoms with Crippen molar-refractivity contribution < 1.29 is 24.4 Å². The van der Waals surface area contributed by atoms with Crippen LogP contribution in [0.2, 0.25) is 0 Å². The molecule has 0 aromatic rings. The molecule has 132 valence electrons. The first-order valence-corrected chi connectivity index (χ1v) is 6.59. The lowest BCUT2D eigenvalue weighted by molar-refractivity contribution is -0.401. The molecule has 0 bridgehead atoms. The van der Waals surface area contributed by atoms with Crippen molar-refractivity contribution in [1.82, 2.24) is 5.32 Å². The van der Waals surface area contributed by atoms with Gasteiger partial charge in [-0.2, -0.15) is 0 Å². The molecule has 0 spiro atoms. The van der Waals surface area contributed by atoms with Crippen molar-refractivity contribution in [2.45, 2.75) is 13.8 Å².